The molecule has 0 aliphatic heterocycles. The van der Waals surface area contributed by atoms with Crippen molar-refractivity contribution >= 4 is 17.3 Å². The molecule has 0 aliphatic rings. The Labute approximate surface area is 98.7 Å². The van der Waals surface area contributed by atoms with Crippen LogP contribution in [0.25, 0.3) is 0 Å². The maximum atomic E-state index is 11.9. The van der Waals surface area contributed by atoms with Crippen molar-refractivity contribution in [3.05, 3.63) is 48.0 Å². The van der Waals surface area contributed by atoms with Gasteiger partial charge in [0.25, 0.3) is 5.91 Å². The summed E-state index contributed by atoms with van der Waals surface area (Å²) in [6.07, 6.45) is 4.65. The molecule has 0 unspecified atom stereocenters. The normalized spacial score (nSPS) is 9.94. The van der Waals surface area contributed by atoms with Gasteiger partial charge in [0.05, 0.1) is 28.8 Å². The Kier molecular flexibility index (Phi) is 3.00. The zero-order chi connectivity index (χ0) is 12.3. The summed E-state index contributed by atoms with van der Waals surface area (Å²) in [5, 5.41) is 2.76. The highest BCUT2D eigenvalue weighted by Crippen LogP contribution is 2.14. The number of aromatic nitrogens is 2. The maximum absolute atomic E-state index is 11.9. The molecule has 0 saturated carbocycles. The molecular weight excluding hydrogens is 216 g/mol. The Morgan fingerprint density at radius 1 is 1.35 bits per heavy atom. The molecule has 2 rings (SSSR count). The van der Waals surface area contributed by atoms with Crippen LogP contribution in [0.3, 0.4) is 0 Å². The summed E-state index contributed by atoms with van der Waals surface area (Å²) in [4.78, 5) is 19.9. The van der Waals surface area contributed by atoms with E-state index in [-0.39, 0.29) is 5.91 Å². The van der Waals surface area contributed by atoms with E-state index in [9.17, 15) is 4.79 Å². The van der Waals surface area contributed by atoms with Crippen LogP contribution in [-0.4, -0.2) is 15.9 Å². The van der Waals surface area contributed by atoms with Crippen molar-refractivity contribution in [2.45, 2.75) is 6.92 Å². The monoisotopic (exact) mass is 228 g/mol. The van der Waals surface area contributed by atoms with Gasteiger partial charge in [0.15, 0.2) is 0 Å². The van der Waals surface area contributed by atoms with Crippen molar-refractivity contribution < 1.29 is 4.79 Å². The molecule has 0 aromatic carbocycles. The van der Waals surface area contributed by atoms with Crippen molar-refractivity contribution in [3.63, 3.8) is 0 Å². The standard InChI is InChI=1S/C12H12N4O/c1-8-11(3-2-5-15-8)16-12(17)9-4-6-14-7-10(9)13/h2-7H,13H2,1H3,(H,16,17). The number of carbonyl (C=O) groups excluding carboxylic acids is 1. The van der Waals surface area contributed by atoms with Crippen LogP contribution >= 0.6 is 0 Å². The molecule has 2 aromatic heterocycles. The lowest BCUT2D eigenvalue weighted by Crippen LogP contribution is -2.15. The minimum Gasteiger partial charge on any atom is -0.397 e. The molecule has 0 aliphatic carbocycles. The summed E-state index contributed by atoms with van der Waals surface area (Å²) in [5.74, 6) is -0.263. The highest BCUT2D eigenvalue weighted by atomic mass is 16.1. The number of carbonyl (C=O) groups is 1. The smallest absolute Gasteiger partial charge is 0.257 e. The lowest BCUT2D eigenvalue weighted by molar-refractivity contribution is 0.102. The topological polar surface area (TPSA) is 80.9 Å². The van der Waals surface area contributed by atoms with Gasteiger partial charge >= 0.3 is 0 Å². The molecular formula is C12H12N4O. The van der Waals surface area contributed by atoms with Crippen LogP contribution in [0.5, 0.6) is 0 Å². The van der Waals surface area contributed by atoms with Crippen LogP contribution in [0.15, 0.2) is 36.8 Å². The van der Waals surface area contributed by atoms with Crippen molar-refractivity contribution in [1.82, 2.24) is 9.97 Å². The molecule has 0 radical (unpaired) electrons. The number of amides is 1. The zero-order valence-corrected chi connectivity index (χ0v) is 9.34. The molecule has 0 fully saturated rings. The zero-order valence-electron chi connectivity index (χ0n) is 9.34. The van der Waals surface area contributed by atoms with Crippen LogP contribution in [0.2, 0.25) is 0 Å². The van der Waals surface area contributed by atoms with Crippen LogP contribution in [0, 0.1) is 6.92 Å². The molecule has 2 aromatic rings. The molecule has 0 atom stereocenters. The van der Waals surface area contributed by atoms with E-state index in [1.54, 1.807) is 24.4 Å². The van der Waals surface area contributed by atoms with E-state index in [2.05, 4.69) is 15.3 Å². The van der Waals surface area contributed by atoms with Gasteiger partial charge in [-0.3, -0.25) is 14.8 Å². The van der Waals surface area contributed by atoms with Gasteiger partial charge in [0, 0.05) is 12.4 Å². The van der Waals surface area contributed by atoms with Gasteiger partial charge in [-0.25, -0.2) is 0 Å². The number of pyridine rings is 2. The van der Waals surface area contributed by atoms with Crippen molar-refractivity contribution in [3.8, 4) is 0 Å². The molecule has 5 heteroatoms. The van der Waals surface area contributed by atoms with Crippen LogP contribution in [0.4, 0.5) is 11.4 Å². The lowest BCUT2D eigenvalue weighted by atomic mass is 10.2. The summed E-state index contributed by atoms with van der Waals surface area (Å²) >= 11 is 0. The van der Waals surface area contributed by atoms with Crippen LogP contribution in [-0.2, 0) is 0 Å². The molecule has 17 heavy (non-hydrogen) atoms. The van der Waals surface area contributed by atoms with E-state index in [0.29, 0.717) is 16.9 Å². The van der Waals surface area contributed by atoms with Gasteiger partial charge in [0.1, 0.15) is 0 Å². The number of anilines is 2. The molecule has 5 nitrogen and oxygen atoms in total. The molecule has 1 amide bonds. The third-order valence-electron chi connectivity index (χ3n) is 2.35. The number of rotatable bonds is 2. The van der Waals surface area contributed by atoms with Gasteiger partial charge in [0.2, 0.25) is 0 Å². The summed E-state index contributed by atoms with van der Waals surface area (Å²) in [7, 11) is 0. The van der Waals surface area contributed by atoms with E-state index in [4.69, 9.17) is 5.73 Å². The van der Waals surface area contributed by atoms with E-state index in [1.165, 1.54) is 12.4 Å². The number of hydrogen-bond donors (Lipinski definition) is 2. The lowest BCUT2D eigenvalue weighted by Gasteiger charge is -2.08. The second kappa shape index (κ2) is 4.61. The van der Waals surface area contributed by atoms with E-state index in [1.807, 2.05) is 6.92 Å². The van der Waals surface area contributed by atoms with E-state index < -0.39 is 0 Å². The largest absolute Gasteiger partial charge is 0.397 e. The molecule has 2 heterocycles. The Morgan fingerprint density at radius 2 is 2.18 bits per heavy atom. The fourth-order valence-electron chi connectivity index (χ4n) is 1.42. The predicted molar refractivity (Wildman–Crippen MR) is 65.6 cm³/mol. The van der Waals surface area contributed by atoms with Gasteiger partial charge in [-0.1, -0.05) is 0 Å². The highest BCUT2D eigenvalue weighted by molar-refractivity contribution is 6.07. The number of nitrogens with two attached hydrogens (primary N) is 1. The number of nitrogens with one attached hydrogen (secondary N) is 1. The van der Waals surface area contributed by atoms with Gasteiger partial charge in [-0.15, -0.1) is 0 Å². The van der Waals surface area contributed by atoms with Crippen molar-refractivity contribution in [1.29, 1.82) is 0 Å². The molecule has 3 N–H and O–H groups in total. The Bertz CT molecular complexity index is 554. The Balaban J connectivity index is 2.24. The third kappa shape index (κ3) is 2.39. The summed E-state index contributed by atoms with van der Waals surface area (Å²) in [5.41, 5.74) is 7.87. The second-order valence-electron chi connectivity index (χ2n) is 3.55. The third-order valence-corrected chi connectivity index (χ3v) is 2.35. The molecule has 0 bridgehead atoms. The highest BCUT2D eigenvalue weighted by Gasteiger charge is 2.10. The SMILES string of the molecule is Cc1ncccc1NC(=O)c1ccncc1N. The maximum Gasteiger partial charge on any atom is 0.257 e. The number of hydrogen-bond acceptors (Lipinski definition) is 4. The Hall–Kier alpha value is -2.43. The molecule has 86 valence electrons. The average Bonchev–Trinajstić information content (AvgIpc) is 2.32. The first-order valence-corrected chi connectivity index (χ1v) is 5.11. The first kappa shape index (κ1) is 11.1. The fraction of sp³-hybridized carbons (Fsp3) is 0.0833. The van der Waals surface area contributed by atoms with Gasteiger partial charge in [-0.2, -0.15) is 0 Å². The average molecular weight is 228 g/mol. The number of aryl methyl sites for hydroxylation is 1. The first-order valence-electron chi connectivity index (χ1n) is 5.11. The summed E-state index contributed by atoms with van der Waals surface area (Å²) in [6.45, 7) is 1.82. The molecule has 0 spiro atoms. The quantitative estimate of drug-likeness (QED) is 0.818. The number of nitrogen functional groups attached to an aromatic ring is 1. The first-order chi connectivity index (χ1) is 8.18. The van der Waals surface area contributed by atoms with Gasteiger partial charge < -0.3 is 11.1 Å². The fourth-order valence-corrected chi connectivity index (χ4v) is 1.42. The van der Waals surface area contributed by atoms with Crippen molar-refractivity contribution in [2.75, 3.05) is 11.1 Å². The van der Waals surface area contributed by atoms with Gasteiger partial charge in [-0.05, 0) is 25.1 Å². The number of nitrogens with zero attached hydrogens (tertiary/aromatic N) is 2. The van der Waals surface area contributed by atoms with Crippen LogP contribution < -0.4 is 11.1 Å². The second-order valence-corrected chi connectivity index (χ2v) is 3.55. The van der Waals surface area contributed by atoms with Crippen molar-refractivity contribution in [2.24, 2.45) is 0 Å². The summed E-state index contributed by atoms with van der Waals surface area (Å²) < 4.78 is 0. The minimum absolute atomic E-state index is 0.263. The minimum atomic E-state index is -0.263. The van der Waals surface area contributed by atoms with E-state index >= 15 is 0 Å². The predicted octanol–water partition coefficient (Wildman–Crippen LogP) is 1.62. The van der Waals surface area contributed by atoms with E-state index in [0.717, 1.165) is 5.69 Å². The molecule has 0 saturated heterocycles. The van der Waals surface area contributed by atoms with Crippen LogP contribution in [0.1, 0.15) is 16.1 Å². The summed E-state index contributed by atoms with van der Waals surface area (Å²) in [6, 6.07) is 5.13. The Morgan fingerprint density at radius 3 is 2.88 bits per heavy atom.